The number of benzene rings is 4. The van der Waals surface area contributed by atoms with Gasteiger partial charge in [-0.15, -0.1) is 0 Å². The van der Waals surface area contributed by atoms with Crippen LogP contribution in [0.1, 0.15) is 99.3 Å². The lowest BCUT2D eigenvalue weighted by atomic mass is 9.78. The fraction of sp³-hybridized carbons (Fsp3) is 0.385. The molecule has 6 heterocycles. The molecule has 72 heavy (non-hydrogen) atoms. The molecule has 4 unspecified atom stereocenters. The van der Waals surface area contributed by atoms with Gasteiger partial charge < -0.3 is 21.3 Å². The van der Waals surface area contributed by atoms with E-state index in [1.807, 2.05) is 0 Å². The lowest BCUT2D eigenvalue weighted by Gasteiger charge is -2.27. The predicted octanol–water partition coefficient (Wildman–Crippen LogP) is 10.4. The summed E-state index contributed by atoms with van der Waals surface area (Å²) in [5.41, 5.74) is 8.33. The third kappa shape index (κ3) is 11.2. The highest BCUT2D eigenvalue weighted by Gasteiger charge is 2.36. The molecule has 4 aliphatic heterocycles. The van der Waals surface area contributed by atoms with Gasteiger partial charge in [0.2, 0.25) is 31.9 Å². The Bertz CT molecular complexity index is 2970. The number of hydrogen-bond acceptors (Lipinski definition) is 14. The Morgan fingerprint density at radius 2 is 0.875 bits per heavy atom. The Morgan fingerprint density at radius 1 is 0.514 bits per heavy atom. The van der Waals surface area contributed by atoms with Crippen LogP contribution in [0, 0.1) is 0 Å². The number of sulfonamides is 2. The number of fused-ring (bicyclic) bond motifs is 6. The maximum Gasteiger partial charge on any atom is 0.242 e. The smallest absolute Gasteiger partial charge is 0.242 e. The Hall–Kier alpha value is -5.44. The van der Waals surface area contributed by atoms with Crippen LogP contribution in [0.2, 0.25) is 10.0 Å². The first-order valence-electron chi connectivity index (χ1n) is 24.4. The van der Waals surface area contributed by atoms with Crippen molar-refractivity contribution in [3.8, 4) is 0 Å². The fourth-order valence-corrected chi connectivity index (χ4v) is 12.5. The van der Waals surface area contributed by atoms with Crippen molar-refractivity contribution in [3.63, 3.8) is 0 Å². The number of para-hydroxylation sites is 2. The SMILES string of the molecule is CNS(=O)(=O)c1ccccc1Nc1nc(Nc2ccc3c(c2)C2CCC3CN(C(C)C)C2)ncc1Cl.CNS(=O)(=O)c1ccccc1Nc1nc(Nc2ccc3c(c2)C2CCC3CN(C(C)C)C2)ncc1Cl. The summed E-state index contributed by atoms with van der Waals surface area (Å²) < 4.78 is 54.4. The lowest BCUT2D eigenvalue weighted by Crippen LogP contribution is -2.33. The van der Waals surface area contributed by atoms with E-state index in [-0.39, 0.29) is 19.8 Å². The van der Waals surface area contributed by atoms with Gasteiger partial charge in [0.05, 0.1) is 23.8 Å². The van der Waals surface area contributed by atoms with Crippen LogP contribution in [0.4, 0.5) is 46.3 Å². The summed E-state index contributed by atoms with van der Waals surface area (Å²) in [6.45, 7) is 13.5. The van der Waals surface area contributed by atoms with Crippen LogP contribution in [0.3, 0.4) is 0 Å². The molecular formula is C52H62Cl2N12O4S2. The van der Waals surface area contributed by atoms with Gasteiger partial charge in [-0.05, 0) is 162 Å². The second-order valence-corrected chi connectivity index (χ2v) is 23.9. The highest BCUT2D eigenvalue weighted by Crippen LogP contribution is 2.46. The Labute approximate surface area is 433 Å². The van der Waals surface area contributed by atoms with E-state index in [1.165, 1.54) is 86.6 Å². The minimum atomic E-state index is -3.66. The average Bonchev–Trinajstić information content (AvgIpc) is 3.86. The van der Waals surface area contributed by atoms with Crippen molar-refractivity contribution in [1.29, 1.82) is 0 Å². The van der Waals surface area contributed by atoms with E-state index in [0.29, 0.717) is 70.7 Å². The molecule has 12 rings (SSSR count). The average molecular weight is 1050 g/mol. The Kier molecular flexibility index (Phi) is 15.4. The summed E-state index contributed by atoms with van der Waals surface area (Å²) in [6.07, 6.45) is 7.91. The topological polar surface area (TPSA) is 198 Å². The van der Waals surface area contributed by atoms with Crippen LogP contribution in [-0.2, 0) is 20.0 Å². The molecule has 0 amide bonds. The maximum atomic E-state index is 12.4. The van der Waals surface area contributed by atoms with E-state index in [4.69, 9.17) is 23.2 Å². The number of hydrogen-bond donors (Lipinski definition) is 6. The number of nitrogens with zero attached hydrogens (tertiary/aromatic N) is 6. The van der Waals surface area contributed by atoms with Gasteiger partial charge in [0, 0.05) is 49.6 Å². The molecular weight excluding hydrogens is 992 g/mol. The van der Waals surface area contributed by atoms with Crippen molar-refractivity contribution in [2.75, 3.05) is 61.5 Å². The highest BCUT2D eigenvalue weighted by atomic mass is 35.5. The maximum absolute atomic E-state index is 12.4. The monoisotopic (exact) mass is 1050 g/mol. The highest BCUT2D eigenvalue weighted by molar-refractivity contribution is 7.90. The third-order valence-electron chi connectivity index (χ3n) is 14.3. The van der Waals surface area contributed by atoms with Crippen molar-refractivity contribution in [2.24, 2.45) is 0 Å². The van der Waals surface area contributed by atoms with E-state index < -0.39 is 20.0 Å². The largest absolute Gasteiger partial charge is 0.338 e. The van der Waals surface area contributed by atoms with Gasteiger partial charge in [-0.2, -0.15) is 9.97 Å². The molecule has 2 aromatic heterocycles. The first-order valence-corrected chi connectivity index (χ1v) is 28.2. The summed E-state index contributed by atoms with van der Waals surface area (Å²) in [7, 11) is -4.58. The molecule has 4 atom stereocenters. The zero-order valence-corrected chi connectivity index (χ0v) is 44.4. The summed E-state index contributed by atoms with van der Waals surface area (Å²) in [5.74, 6) is 3.58. The number of aromatic nitrogens is 4. The van der Waals surface area contributed by atoms with E-state index in [9.17, 15) is 16.8 Å². The third-order valence-corrected chi connectivity index (χ3v) is 17.8. The van der Waals surface area contributed by atoms with Gasteiger partial charge in [0.15, 0.2) is 11.6 Å². The van der Waals surface area contributed by atoms with E-state index in [2.05, 4.69) is 125 Å². The molecule has 4 bridgehead atoms. The van der Waals surface area contributed by atoms with Crippen molar-refractivity contribution < 1.29 is 16.8 Å². The molecule has 6 aromatic rings. The van der Waals surface area contributed by atoms with E-state index >= 15 is 0 Å². The second kappa shape index (κ2) is 21.6. The normalized spacial score (nSPS) is 19.7. The van der Waals surface area contributed by atoms with Gasteiger partial charge in [-0.1, -0.05) is 59.6 Å². The summed E-state index contributed by atoms with van der Waals surface area (Å²) >= 11 is 12.7. The van der Waals surface area contributed by atoms with Crippen molar-refractivity contribution in [2.45, 2.75) is 98.9 Å². The number of halogens is 2. The lowest BCUT2D eigenvalue weighted by molar-refractivity contribution is 0.219. The Balaban J connectivity index is 0.000000178. The predicted molar refractivity (Wildman–Crippen MR) is 288 cm³/mol. The molecule has 6 N–H and O–H groups in total. The van der Waals surface area contributed by atoms with Crippen LogP contribution >= 0.6 is 23.2 Å². The van der Waals surface area contributed by atoms with Crippen molar-refractivity contribution >= 4 is 89.5 Å². The molecule has 0 spiro atoms. The quantitative estimate of drug-likeness (QED) is 0.0602. The summed E-state index contributed by atoms with van der Waals surface area (Å²) in [6, 6.07) is 27.4. The van der Waals surface area contributed by atoms with Crippen LogP contribution in [0.25, 0.3) is 0 Å². The fourth-order valence-electron chi connectivity index (χ4n) is 10.4. The molecule has 380 valence electrons. The van der Waals surface area contributed by atoms with Gasteiger partial charge in [-0.25, -0.2) is 36.2 Å². The molecule has 16 nitrogen and oxygen atoms in total. The van der Waals surface area contributed by atoms with Crippen LogP contribution in [0.15, 0.2) is 107 Å². The van der Waals surface area contributed by atoms with E-state index in [1.54, 1.807) is 36.4 Å². The number of rotatable bonds is 14. The standard InChI is InChI=1S/2C26H31ClN6O2S/c2*1-16(2)33-14-17-8-9-18(15-33)21-12-19(10-11-20(17)21)30-26-29-13-22(27)25(32-26)31-23-6-4-5-7-24(23)36(34,35)28-3/h2*4-7,10-13,16-18,28H,8-9,14-15H2,1-3H3,(H2,29,30,31,32). The van der Waals surface area contributed by atoms with Crippen LogP contribution in [0.5, 0.6) is 0 Å². The molecule has 2 fully saturated rings. The number of nitrogens with one attached hydrogen (secondary N) is 6. The van der Waals surface area contributed by atoms with Crippen molar-refractivity contribution in [3.05, 3.63) is 130 Å². The first kappa shape index (κ1) is 51.5. The molecule has 6 aliphatic rings. The molecule has 0 saturated carbocycles. The molecule has 0 radical (unpaired) electrons. The summed E-state index contributed by atoms with van der Waals surface area (Å²) in [5, 5.41) is 13.3. The van der Waals surface area contributed by atoms with Crippen LogP contribution < -0.4 is 30.7 Å². The van der Waals surface area contributed by atoms with Gasteiger partial charge in [0.25, 0.3) is 0 Å². The zero-order valence-electron chi connectivity index (χ0n) is 41.2. The zero-order chi connectivity index (χ0) is 50.9. The van der Waals surface area contributed by atoms with Crippen LogP contribution in [-0.4, -0.2) is 98.9 Å². The minimum absolute atomic E-state index is 0.105. The first-order chi connectivity index (χ1) is 34.5. The molecule has 4 aromatic carbocycles. The second-order valence-electron chi connectivity index (χ2n) is 19.4. The van der Waals surface area contributed by atoms with E-state index in [0.717, 1.165) is 37.6 Å². The molecule has 20 heteroatoms. The van der Waals surface area contributed by atoms with Gasteiger partial charge in [-0.3, -0.25) is 9.80 Å². The minimum Gasteiger partial charge on any atom is -0.338 e. The molecule has 2 saturated heterocycles. The number of anilines is 8. The molecule has 2 aliphatic carbocycles. The van der Waals surface area contributed by atoms with Crippen molar-refractivity contribution in [1.82, 2.24) is 39.2 Å². The Morgan fingerprint density at radius 3 is 1.24 bits per heavy atom. The van der Waals surface area contributed by atoms with Gasteiger partial charge in [0.1, 0.15) is 19.8 Å². The van der Waals surface area contributed by atoms with Gasteiger partial charge >= 0.3 is 0 Å². The summed E-state index contributed by atoms with van der Waals surface area (Å²) in [4.78, 5) is 23.2.